The lowest BCUT2D eigenvalue weighted by Crippen LogP contribution is -2.12. The van der Waals surface area contributed by atoms with Crippen molar-refractivity contribution in [3.05, 3.63) is 69.8 Å². The normalized spacial score (nSPS) is 12.0. The highest BCUT2D eigenvalue weighted by atomic mass is 35.5. The summed E-state index contributed by atoms with van der Waals surface area (Å²) in [5, 5.41) is 8.53. The minimum absolute atomic E-state index is 0.0815. The Balaban J connectivity index is 1.67. The molecule has 0 saturated carbocycles. The third-order valence-electron chi connectivity index (χ3n) is 3.57. The molecular formula is C18H13Cl2FN2O3. The average molecular weight is 395 g/mol. The number of benzene rings is 2. The molecule has 8 heteroatoms. The molecule has 26 heavy (non-hydrogen) atoms. The van der Waals surface area contributed by atoms with Crippen LogP contribution in [-0.2, 0) is 16.0 Å². The molecule has 0 bridgehead atoms. The van der Waals surface area contributed by atoms with Gasteiger partial charge in [-0.1, -0.05) is 29.3 Å². The minimum atomic E-state index is -0.759. The van der Waals surface area contributed by atoms with Crippen LogP contribution in [0, 0.1) is 5.82 Å². The zero-order valence-corrected chi connectivity index (χ0v) is 15.1. The molecule has 1 aromatic heterocycles. The summed E-state index contributed by atoms with van der Waals surface area (Å²) in [6, 6.07) is 10.6. The SMILES string of the molecule is C[C@@H](OC(=O)Cc1c(Cl)cccc1Cl)c1nnc(-c2ccc(F)cc2)o1. The molecule has 0 unspecified atom stereocenters. The number of halogens is 3. The fraction of sp³-hybridized carbons (Fsp3) is 0.167. The molecule has 0 fully saturated rings. The van der Waals surface area contributed by atoms with Crippen LogP contribution in [0.25, 0.3) is 11.5 Å². The van der Waals surface area contributed by atoms with Crippen molar-refractivity contribution in [1.29, 1.82) is 0 Å². The number of carbonyl (C=O) groups is 1. The van der Waals surface area contributed by atoms with Crippen molar-refractivity contribution < 1.29 is 18.3 Å². The van der Waals surface area contributed by atoms with Gasteiger partial charge >= 0.3 is 5.97 Å². The van der Waals surface area contributed by atoms with Crippen LogP contribution in [0.5, 0.6) is 0 Å². The molecule has 0 amide bonds. The maximum absolute atomic E-state index is 13.0. The zero-order valence-electron chi connectivity index (χ0n) is 13.6. The van der Waals surface area contributed by atoms with Gasteiger partial charge in [0, 0.05) is 21.2 Å². The van der Waals surface area contributed by atoms with Gasteiger partial charge in [0.2, 0.25) is 5.89 Å². The molecule has 134 valence electrons. The van der Waals surface area contributed by atoms with E-state index in [2.05, 4.69) is 10.2 Å². The number of hydrogen-bond acceptors (Lipinski definition) is 5. The average Bonchev–Trinajstić information content (AvgIpc) is 3.09. The first-order valence-corrected chi connectivity index (χ1v) is 8.41. The van der Waals surface area contributed by atoms with Gasteiger partial charge in [-0.2, -0.15) is 0 Å². The van der Waals surface area contributed by atoms with Gasteiger partial charge in [0.05, 0.1) is 6.42 Å². The molecule has 3 rings (SSSR count). The first kappa shape index (κ1) is 18.4. The van der Waals surface area contributed by atoms with E-state index in [4.69, 9.17) is 32.4 Å². The second-order valence-electron chi connectivity index (χ2n) is 5.46. The third-order valence-corrected chi connectivity index (χ3v) is 4.28. The van der Waals surface area contributed by atoms with Gasteiger partial charge in [0.15, 0.2) is 6.10 Å². The third kappa shape index (κ3) is 4.20. The summed E-state index contributed by atoms with van der Waals surface area (Å²) >= 11 is 12.1. The fourth-order valence-corrected chi connectivity index (χ4v) is 2.77. The van der Waals surface area contributed by atoms with Crippen molar-refractivity contribution in [2.24, 2.45) is 0 Å². The predicted octanol–water partition coefficient (Wildman–Crippen LogP) is 5.03. The Morgan fingerprint density at radius 2 is 1.81 bits per heavy atom. The number of aromatic nitrogens is 2. The Morgan fingerprint density at radius 1 is 1.15 bits per heavy atom. The zero-order chi connectivity index (χ0) is 18.7. The number of esters is 1. The molecule has 1 heterocycles. The van der Waals surface area contributed by atoms with Crippen molar-refractivity contribution in [1.82, 2.24) is 10.2 Å². The Kier molecular flexibility index (Phi) is 5.54. The monoisotopic (exact) mass is 394 g/mol. The fourth-order valence-electron chi connectivity index (χ4n) is 2.24. The van der Waals surface area contributed by atoms with Crippen molar-refractivity contribution in [3.63, 3.8) is 0 Å². The highest BCUT2D eigenvalue weighted by Crippen LogP contribution is 2.26. The van der Waals surface area contributed by atoms with Gasteiger partial charge in [0.25, 0.3) is 5.89 Å². The van der Waals surface area contributed by atoms with Crippen LogP contribution in [0.1, 0.15) is 24.5 Å². The number of rotatable bonds is 5. The second-order valence-corrected chi connectivity index (χ2v) is 6.28. The van der Waals surface area contributed by atoms with E-state index in [1.165, 1.54) is 24.3 Å². The van der Waals surface area contributed by atoms with E-state index in [0.29, 0.717) is 21.2 Å². The summed E-state index contributed by atoms with van der Waals surface area (Å²) in [5.41, 5.74) is 1.05. The minimum Gasteiger partial charge on any atom is -0.452 e. The lowest BCUT2D eigenvalue weighted by atomic mass is 10.1. The molecule has 5 nitrogen and oxygen atoms in total. The van der Waals surface area contributed by atoms with E-state index in [-0.39, 0.29) is 24.0 Å². The summed E-state index contributed by atoms with van der Waals surface area (Å²) in [7, 11) is 0. The maximum Gasteiger partial charge on any atom is 0.311 e. The van der Waals surface area contributed by atoms with Gasteiger partial charge in [-0.3, -0.25) is 4.79 Å². The van der Waals surface area contributed by atoms with E-state index in [1.807, 2.05) is 0 Å². The van der Waals surface area contributed by atoms with Crippen LogP contribution in [0.2, 0.25) is 10.0 Å². The van der Waals surface area contributed by atoms with Gasteiger partial charge in [-0.05, 0) is 43.3 Å². The number of ether oxygens (including phenoxy) is 1. The maximum atomic E-state index is 13.0. The molecule has 0 N–H and O–H groups in total. The van der Waals surface area contributed by atoms with Gasteiger partial charge < -0.3 is 9.15 Å². The first-order chi connectivity index (χ1) is 12.4. The number of carbonyl (C=O) groups excluding carboxylic acids is 1. The van der Waals surface area contributed by atoms with E-state index < -0.39 is 12.1 Å². The highest BCUT2D eigenvalue weighted by molar-refractivity contribution is 6.36. The standard InChI is InChI=1S/C18H13Cl2FN2O3/c1-10(25-16(24)9-13-14(19)3-2-4-15(13)20)17-22-23-18(26-17)11-5-7-12(21)8-6-11/h2-8,10H,9H2,1H3/t10-/m1/s1. The van der Waals surface area contributed by atoms with Gasteiger partial charge in [0.1, 0.15) is 5.82 Å². The van der Waals surface area contributed by atoms with Gasteiger partial charge in [-0.25, -0.2) is 4.39 Å². The predicted molar refractivity (Wildman–Crippen MR) is 94.4 cm³/mol. The van der Waals surface area contributed by atoms with Gasteiger partial charge in [-0.15, -0.1) is 10.2 Å². The van der Waals surface area contributed by atoms with Crippen LogP contribution in [-0.4, -0.2) is 16.2 Å². The van der Waals surface area contributed by atoms with Crippen LogP contribution in [0.3, 0.4) is 0 Å². The molecule has 0 aliphatic rings. The largest absolute Gasteiger partial charge is 0.452 e. The lowest BCUT2D eigenvalue weighted by Gasteiger charge is -2.11. The van der Waals surface area contributed by atoms with Crippen molar-refractivity contribution in [3.8, 4) is 11.5 Å². The smallest absolute Gasteiger partial charge is 0.311 e. The van der Waals surface area contributed by atoms with Crippen LogP contribution >= 0.6 is 23.2 Å². The molecule has 1 atom stereocenters. The molecule has 0 aliphatic heterocycles. The first-order valence-electron chi connectivity index (χ1n) is 7.65. The van der Waals surface area contributed by atoms with Crippen LogP contribution in [0.4, 0.5) is 4.39 Å². The molecule has 3 aromatic rings. The Labute approximate surface area is 158 Å². The van der Waals surface area contributed by atoms with Crippen molar-refractivity contribution in [2.75, 3.05) is 0 Å². The topological polar surface area (TPSA) is 65.2 Å². The van der Waals surface area contributed by atoms with E-state index in [1.54, 1.807) is 25.1 Å². The summed E-state index contributed by atoms with van der Waals surface area (Å²) in [5.74, 6) is -0.567. The summed E-state index contributed by atoms with van der Waals surface area (Å²) in [6.45, 7) is 1.61. The highest BCUT2D eigenvalue weighted by Gasteiger charge is 2.20. The van der Waals surface area contributed by atoms with E-state index in [0.717, 1.165) is 0 Å². The van der Waals surface area contributed by atoms with Crippen molar-refractivity contribution >= 4 is 29.2 Å². The summed E-state index contributed by atoms with van der Waals surface area (Å²) in [4.78, 5) is 12.1. The molecule has 0 aliphatic carbocycles. The quantitative estimate of drug-likeness (QED) is 0.567. The second kappa shape index (κ2) is 7.85. The molecule has 0 saturated heterocycles. The Morgan fingerprint density at radius 3 is 2.46 bits per heavy atom. The molecule has 0 spiro atoms. The Bertz CT molecular complexity index is 908. The van der Waals surface area contributed by atoms with E-state index in [9.17, 15) is 9.18 Å². The summed E-state index contributed by atoms with van der Waals surface area (Å²) in [6.07, 6.45) is -0.840. The van der Waals surface area contributed by atoms with Crippen LogP contribution in [0.15, 0.2) is 46.9 Å². The Hall–Kier alpha value is -2.44. The van der Waals surface area contributed by atoms with Crippen LogP contribution < -0.4 is 0 Å². The molecule has 2 aromatic carbocycles. The molecule has 0 radical (unpaired) electrons. The molecular weight excluding hydrogens is 382 g/mol. The van der Waals surface area contributed by atoms with E-state index >= 15 is 0 Å². The number of hydrogen-bond donors (Lipinski definition) is 0. The van der Waals surface area contributed by atoms with Crippen molar-refractivity contribution in [2.45, 2.75) is 19.4 Å². The lowest BCUT2D eigenvalue weighted by molar-refractivity contribution is -0.148. The summed E-state index contributed by atoms with van der Waals surface area (Å²) < 4.78 is 23.8. The number of nitrogens with zero attached hydrogens (tertiary/aromatic N) is 2.